The van der Waals surface area contributed by atoms with Gasteiger partial charge in [0.1, 0.15) is 0 Å². The van der Waals surface area contributed by atoms with Crippen LogP contribution in [0.2, 0.25) is 0 Å². The van der Waals surface area contributed by atoms with Crippen LogP contribution in [0.15, 0.2) is 36.4 Å². The highest BCUT2D eigenvalue weighted by Crippen LogP contribution is 2.43. The Morgan fingerprint density at radius 3 is 2.29 bits per heavy atom. The smallest absolute Gasteiger partial charge is 0.395 e. The van der Waals surface area contributed by atoms with Gasteiger partial charge in [-0.2, -0.15) is 4.39 Å². The summed E-state index contributed by atoms with van der Waals surface area (Å²) in [6, 6.07) is 7.19. The van der Waals surface area contributed by atoms with Crippen LogP contribution in [0.5, 0.6) is 11.5 Å². The minimum Gasteiger partial charge on any atom is -0.395 e. The molecule has 0 N–H and O–H groups in total. The number of rotatable bonds is 2. The van der Waals surface area contributed by atoms with Crippen molar-refractivity contribution in [1.82, 2.24) is 0 Å². The number of hydrogen-bond donors (Lipinski definition) is 0. The molecule has 0 saturated heterocycles. The summed E-state index contributed by atoms with van der Waals surface area (Å²) in [7, 11) is 0. The maximum atomic E-state index is 13.6. The molecule has 1 heterocycles. The van der Waals surface area contributed by atoms with Crippen LogP contribution in [-0.2, 0) is 0 Å². The molecule has 0 aliphatic carbocycles. The molecule has 5 nitrogen and oxygen atoms in total. The molecule has 2 aromatic rings. The van der Waals surface area contributed by atoms with E-state index >= 15 is 0 Å². The standard InChI is InChI=1S/C13H6F3NO4/c14-9-5-7(1-3-10(9)17(18)19)8-2-4-11-12(6-8)21-13(15,16)20-11/h1-6H. The van der Waals surface area contributed by atoms with Crippen molar-refractivity contribution in [1.29, 1.82) is 0 Å². The Morgan fingerprint density at radius 1 is 1.00 bits per heavy atom. The number of nitro groups is 1. The number of nitrogens with zero attached hydrogens (tertiary/aromatic N) is 1. The monoisotopic (exact) mass is 297 g/mol. The quantitative estimate of drug-likeness (QED) is 0.626. The lowest BCUT2D eigenvalue weighted by Gasteiger charge is -2.04. The molecule has 2 aromatic carbocycles. The Morgan fingerprint density at radius 2 is 1.62 bits per heavy atom. The third kappa shape index (κ3) is 2.35. The van der Waals surface area contributed by atoms with Crippen LogP contribution in [0.4, 0.5) is 18.9 Å². The summed E-state index contributed by atoms with van der Waals surface area (Å²) in [6.45, 7) is 0. The first-order chi connectivity index (χ1) is 9.85. The third-order valence-electron chi connectivity index (χ3n) is 2.88. The molecular weight excluding hydrogens is 291 g/mol. The summed E-state index contributed by atoms with van der Waals surface area (Å²) >= 11 is 0. The van der Waals surface area contributed by atoms with E-state index in [1.165, 1.54) is 24.3 Å². The van der Waals surface area contributed by atoms with Crippen LogP contribution in [-0.4, -0.2) is 11.2 Å². The highest BCUT2D eigenvalue weighted by Gasteiger charge is 2.43. The Balaban J connectivity index is 2.00. The number of nitro benzene ring substituents is 1. The molecule has 0 aromatic heterocycles. The van der Waals surface area contributed by atoms with Crippen molar-refractivity contribution in [2.75, 3.05) is 0 Å². The van der Waals surface area contributed by atoms with Gasteiger partial charge < -0.3 is 9.47 Å². The molecule has 1 aliphatic rings. The first kappa shape index (κ1) is 13.2. The lowest BCUT2D eigenvalue weighted by atomic mass is 10.0. The van der Waals surface area contributed by atoms with E-state index in [1.54, 1.807) is 0 Å². The summed E-state index contributed by atoms with van der Waals surface area (Å²) in [5, 5.41) is 10.5. The van der Waals surface area contributed by atoms with Crippen LogP contribution in [0, 0.1) is 15.9 Å². The molecule has 0 saturated carbocycles. The Labute approximate surface area is 115 Å². The van der Waals surface area contributed by atoms with E-state index in [1.807, 2.05) is 0 Å². The average Bonchev–Trinajstić information content (AvgIpc) is 2.70. The molecule has 8 heteroatoms. The fourth-order valence-corrected chi connectivity index (χ4v) is 1.96. The normalized spacial score (nSPS) is 15.0. The minimum absolute atomic E-state index is 0.133. The van der Waals surface area contributed by atoms with Crippen molar-refractivity contribution in [2.24, 2.45) is 0 Å². The molecule has 0 radical (unpaired) electrons. The van der Waals surface area contributed by atoms with Gasteiger partial charge >= 0.3 is 12.0 Å². The largest absolute Gasteiger partial charge is 0.586 e. The second kappa shape index (κ2) is 4.37. The number of fused-ring (bicyclic) bond motifs is 1. The van der Waals surface area contributed by atoms with Gasteiger partial charge in [-0.1, -0.05) is 6.07 Å². The summed E-state index contributed by atoms with van der Waals surface area (Å²) in [5.74, 6) is -1.33. The van der Waals surface area contributed by atoms with Crippen molar-refractivity contribution < 1.29 is 27.6 Å². The van der Waals surface area contributed by atoms with Crippen LogP contribution >= 0.6 is 0 Å². The zero-order valence-electron chi connectivity index (χ0n) is 10.2. The topological polar surface area (TPSA) is 61.6 Å². The molecule has 3 rings (SSSR count). The van der Waals surface area contributed by atoms with E-state index in [2.05, 4.69) is 9.47 Å². The summed E-state index contributed by atoms with van der Waals surface area (Å²) in [6.07, 6.45) is -3.73. The fourth-order valence-electron chi connectivity index (χ4n) is 1.96. The molecule has 0 bridgehead atoms. The summed E-state index contributed by atoms with van der Waals surface area (Å²) < 4.78 is 47.9. The number of ether oxygens (including phenoxy) is 2. The van der Waals surface area contributed by atoms with Gasteiger partial charge in [-0.15, -0.1) is 8.78 Å². The zero-order chi connectivity index (χ0) is 15.2. The predicted octanol–water partition coefficient (Wildman–Crippen LogP) is 3.72. The van der Waals surface area contributed by atoms with E-state index in [-0.39, 0.29) is 11.5 Å². The van der Waals surface area contributed by atoms with E-state index in [9.17, 15) is 23.3 Å². The maximum Gasteiger partial charge on any atom is 0.586 e. The van der Waals surface area contributed by atoms with Crippen LogP contribution in [0.25, 0.3) is 11.1 Å². The van der Waals surface area contributed by atoms with Crippen molar-refractivity contribution in [3.05, 3.63) is 52.3 Å². The number of benzene rings is 2. The van der Waals surface area contributed by atoms with Gasteiger partial charge in [0.05, 0.1) is 4.92 Å². The van der Waals surface area contributed by atoms with E-state index < -0.39 is 22.7 Å². The van der Waals surface area contributed by atoms with Crippen molar-refractivity contribution in [3.63, 3.8) is 0 Å². The van der Waals surface area contributed by atoms with Crippen LogP contribution < -0.4 is 9.47 Å². The molecule has 0 unspecified atom stereocenters. The van der Waals surface area contributed by atoms with Crippen molar-refractivity contribution in [3.8, 4) is 22.6 Å². The fraction of sp³-hybridized carbons (Fsp3) is 0.0769. The molecule has 21 heavy (non-hydrogen) atoms. The zero-order valence-corrected chi connectivity index (χ0v) is 10.2. The SMILES string of the molecule is O=[N+]([O-])c1ccc(-c2ccc3c(c2)OC(F)(F)O3)cc1F. The minimum atomic E-state index is -3.73. The Hall–Kier alpha value is -2.77. The molecule has 108 valence electrons. The van der Waals surface area contributed by atoms with Gasteiger partial charge in [-0.3, -0.25) is 10.1 Å². The third-order valence-corrected chi connectivity index (χ3v) is 2.88. The molecule has 0 spiro atoms. The molecule has 0 atom stereocenters. The van der Waals surface area contributed by atoms with Gasteiger partial charge in [-0.05, 0) is 35.4 Å². The van der Waals surface area contributed by atoms with E-state index in [4.69, 9.17) is 0 Å². The molecule has 0 amide bonds. The van der Waals surface area contributed by atoms with Gasteiger partial charge in [0.2, 0.25) is 5.82 Å². The van der Waals surface area contributed by atoms with Gasteiger partial charge in [0.25, 0.3) is 0 Å². The van der Waals surface area contributed by atoms with E-state index in [0.717, 1.165) is 12.1 Å². The van der Waals surface area contributed by atoms with Gasteiger partial charge in [0.15, 0.2) is 11.5 Å². The Kier molecular flexibility index (Phi) is 2.75. The summed E-state index contributed by atoms with van der Waals surface area (Å²) in [5.41, 5.74) is -0.00501. The molecular formula is C13H6F3NO4. The molecule has 0 fully saturated rings. The highest BCUT2D eigenvalue weighted by atomic mass is 19.3. The van der Waals surface area contributed by atoms with Crippen LogP contribution in [0.1, 0.15) is 0 Å². The predicted molar refractivity (Wildman–Crippen MR) is 64.7 cm³/mol. The van der Waals surface area contributed by atoms with Gasteiger partial charge in [-0.25, -0.2) is 0 Å². The highest BCUT2D eigenvalue weighted by molar-refractivity contribution is 5.68. The van der Waals surface area contributed by atoms with E-state index in [0.29, 0.717) is 11.1 Å². The second-order valence-electron chi connectivity index (χ2n) is 4.25. The lowest BCUT2D eigenvalue weighted by molar-refractivity contribution is -0.387. The first-order valence-corrected chi connectivity index (χ1v) is 5.70. The van der Waals surface area contributed by atoms with Crippen molar-refractivity contribution in [2.45, 2.75) is 6.29 Å². The lowest BCUT2D eigenvalue weighted by Crippen LogP contribution is -2.25. The number of alkyl halides is 2. The van der Waals surface area contributed by atoms with Crippen LogP contribution in [0.3, 0.4) is 0 Å². The first-order valence-electron chi connectivity index (χ1n) is 5.70. The summed E-state index contributed by atoms with van der Waals surface area (Å²) in [4.78, 5) is 9.69. The number of halogens is 3. The average molecular weight is 297 g/mol. The van der Waals surface area contributed by atoms with Gasteiger partial charge in [0, 0.05) is 6.07 Å². The number of hydrogen-bond acceptors (Lipinski definition) is 4. The van der Waals surface area contributed by atoms with Crippen molar-refractivity contribution >= 4 is 5.69 Å². The Bertz CT molecular complexity index is 748. The second-order valence-corrected chi connectivity index (χ2v) is 4.25. The maximum absolute atomic E-state index is 13.6. The molecule has 1 aliphatic heterocycles.